The second kappa shape index (κ2) is 14.5. The summed E-state index contributed by atoms with van der Waals surface area (Å²) in [4.78, 5) is 29.5. The minimum atomic E-state index is -4.35. The zero-order valence-corrected chi connectivity index (χ0v) is 27.4. The van der Waals surface area contributed by atoms with Crippen LogP contribution in [0.15, 0.2) is 108 Å². The molecule has 0 saturated carbocycles. The predicted octanol–water partition coefficient (Wildman–Crippen LogP) is 6.88. The highest BCUT2D eigenvalue weighted by Crippen LogP contribution is 2.33. The van der Waals surface area contributed by atoms with E-state index in [1.807, 2.05) is 51.1 Å². The highest BCUT2D eigenvalue weighted by atomic mass is 35.5. The van der Waals surface area contributed by atoms with Gasteiger partial charge in [-0.1, -0.05) is 89.9 Å². The summed E-state index contributed by atoms with van der Waals surface area (Å²) in [6, 6.07) is 25.8. The van der Waals surface area contributed by atoms with Crippen LogP contribution in [0.25, 0.3) is 0 Å². The number of hydrogen-bond donors (Lipinski definition) is 1. The molecule has 0 aliphatic heterocycles. The monoisotopic (exact) mass is 669 g/mol. The number of halogens is 3. The van der Waals surface area contributed by atoms with Crippen LogP contribution in [0, 0.1) is 5.82 Å². The van der Waals surface area contributed by atoms with Gasteiger partial charge in [-0.25, -0.2) is 12.8 Å². The second-order valence-electron chi connectivity index (χ2n) is 11.5. The maximum absolute atomic E-state index is 15.0. The van der Waals surface area contributed by atoms with Crippen molar-refractivity contribution in [1.82, 2.24) is 10.2 Å². The highest BCUT2D eigenvalue weighted by Gasteiger charge is 2.36. The lowest BCUT2D eigenvalue weighted by Gasteiger charge is -2.35. The van der Waals surface area contributed by atoms with E-state index in [0.29, 0.717) is 0 Å². The molecule has 0 bridgehead atoms. The van der Waals surface area contributed by atoms with Crippen molar-refractivity contribution in [1.29, 1.82) is 0 Å². The number of nitrogens with zero attached hydrogens (tertiary/aromatic N) is 2. The average Bonchev–Trinajstić information content (AvgIpc) is 2.99. The molecule has 4 rings (SSSR count). The molecule has 4 aromatic rings. The summed E-state index contributed by atoms with van der Waals surface area (Å²) >= 11 is 12.6. The van der Waals surface area contributed by atoms with E-state index >= 15 is 4.39 Å². The van der Waals surface area contributed by atoms with E-state index in [2.05, 4.69) is 5.32 Å². The first kappa shape index (κ1) is 34.0. The van der Waals surface area contributed by atoms with Crippen molar-refractivity contribution in [2.24, 2.45) is 0 Å². The quantitative estimate of drug-likeness (QED) is 0.189. The van der Waals surface area contributed by atoms with Gasteiger partial charge in [-0.15, -0.1) is 0 Å². The number of anilines is 1. The lowest BCUT2D eigenvalue weighted by Crippen LogP contribution is -2.56. The molecule has 236 valence electrons. The molecule has 1 unspecified atom stereocenters. The average molecular weight is 671 g/mol. The Kier molecular flexibility index (Phi) is 10.9. The molecule has 0 aliphatic carbocycles. The van der Waals surface area contributed by atoms with Gasteiger partial charge in [-0.2, -0.15) is 0 Å². The van der Waals surface area contributed by atoms with Crippen LogP contribution in [0.3, 0.4) is 0 Å². The molecule has 1 N–H and O–H groups in total. The molecule has 11 heteroatoms. The summed E-state index contributed by atoms with van der Waals surface area (Å²) in [5.74, 6) is -1.79. The van der Waals surface area contributed by atoms with E-state index in [9.17, 15) is 18.0 Å². The number of nitrogens with one attached hydrogen (secondary N) is 1. The maximum atomic E-state index is 15.0. The molecule has 7 nitrogen and oxygen atoms in total. The predicted molar refractivity (Wildman–Crippen MR) is 176 cm³/mol. The molecule has 2 amide bonds. The number of rotatable bonds is 11. The molecular formula is C34H34Cl2FN3O4S. The standard InChI is InChI=1S/C34H34Cl2FN3O4S/c1-34(2,3)38-33(42)31(20-24-12-6-4-7-13-24)39(22-25-14-10-11-17-29(25)37)32(41)23-40(30-19-18-26(35)21-28(30)36)45(43,44)27-15-8-5-9-16-27/h4-19,21,31H,20,22-23H2,1-3H3,(H,38,42). The molecule has 0 fully saturated rings. The van der Waals surface area contributed by atoms with Crippen molar-refractivity contribution in [2.75, 3.05) is 10.8 Å². The first-order valence-corrected chi connectivity index (χ1v) is 16.4. The third kappa shape index (κ3) is 8.84. The summed E-state index contributed by atoms with van der Waals surface area (Å²) in [5.41, 5.74) is 0.280. The Morgan fingerprint density at radius 1 is 0.867 bits per heavy atom. The molecule has 1 atom stereocenters. The van der Waals surface area contributed by atoms with Crippen LogP contribution in [0.5, 0.6) is 0 Å². The zero-order valence-electron chi connectivity index (χ0n) is 25.1. The molecule has 0 saturated heterocycles. The Hall–Kier alpha value is -3.92. The fraction of sp³-hybridized carbons (Fsp3) is 0.235. The van der Waals surface area contributed by atoms with Gasteiger partial charge in [0.2, 0.25) is 11.8 Å². The Morgan fingerprint density at radius 3 is 2.07 bits per heavy atom. The van der Waals surface area contributed by atoms with E-state index in [0.717, 1.165) is 9.87 Å². The van der Waals surface area contributed by atoms with Crippen LogP contribution in [-0.4, -0.2) is 43.3 Å². The fourth-order valence-electron chi connectivity index (χ4n) is 4.73. The van der Waals surface area contributed by atoms with Gasteiger partial charge in [-0.3, -0.25) is 13.9 Å². The second-order valence-corrected chi connectivity index (χ2v) is 14.2. The van der Waals surface area contributed by atoms with Crippen molar-refractivity contribution in [3.8, 4) is 0 Å². The normalized spacial score (nSPS) is 12.3. The van der Waals surface area contributed by atoms with E-state index in [-0.39, 0.29) is 39.2 Å². The van der Waals surface area contributed by atoms with Gasteiger partial charge >= 0.3 is 0 Å². The molecule has 0 aromatic heterocycles. The third-order valence-corrected chi connectivity index (χ3v) is 9.17. The van der Waals surface area contributed by atoms with Crippen molar-refractivity contribution < 1.29 is 22.4 Å². The zero-order chi connectivity index (χ0) is 32.8. The first-order chi connectivity index (χ1) is 21.3. The van der Waals surface area contributed by atoms with E-state index in [1.54, 1.807) is 24.3 Å². The molecule has 0 aliphatic rings. The Labute approximate surface area is 273 Å². The lowest BCUT2D eigenvalue weighted by molar-refractivity contribution is -0.140. The number of carbonyl (C=O) groups excluding carboxylic acids is 2. The summed E-state index contributed by atoms with van der Waals surface area (Å²) in [6.07, 6.45) is 0.0933. The Bertz CT molecular complexity index is 1750. The molecule has 0 radical (unpaired) electrons. The van der Waals surface area contributed by atoms with Crippen molar-refractivity contribution >= 4 is 50.7 Å². The molecule has 45 heavy (non-hydrogen) atoms. The summed E-state index contributed by atoms with van der Waals surface area (Å²) in [6.45, 7) is 4.40. The van der Waals surface area contributed by atoms with Gasteiger partial charge in [0.15, 0.2) is 0 Å². The van der Waals surface area contributed by atoms with Crippen LogP contribution in [0.1, 0.15) is 31.9 Å². The van der Waals surface area contributed by atoms with E-state index in [1.165, 1.54) is 53.4 Å². The number of sulfonamides is 1. The van der Waals surface area contributed by atoms with Crippen molar-refractivity contribution in [3.63, 3.8) is 0 Å². The molecule has 0 spiro atoms. The summed E-state index contributed by atoms with van der Waals surface area (Å²) in [7, 11) is -4.35. The maximum Gasteiger partial charge on any atom is 0.264 e. The highest BCUT2D eigenvalue weighted by molar-refractivity contribution is 7.92. The van der Waals surface area contributed by atoms with Gasteiger partial charge in [0.1, 0.15) is 18.4 Å². The number of amides is 2. The minimum absolute atomic E-state index is 0.00164. The Balaban J connectivity index is 1.84. The van der Waals surface area contributed by atoms with Gasteiger partial charge < -0.3 is 10.2 Å². The van der Waals surface area contributed by atoms with Gasteiger partial charge in [0.05, 0.1) is 15.6 Å². The fourth-order valence-corrected chi connectivity index (χ4v) is 6.75. The molecule has 4 aromatic carbocycles. The van der Waals surface area contributed by atoms with Crippen molar-refractivity contribution in [2.45, 2.75) is 50.2 Å². The van der Waals surface area contributed by atoms with E-state index < -0.39 is 45.8 Å². The van der Waals surface area contributed by atoms with E-state index in [4.69, 9.17) is 23.2 Å². The Morgan fingerprint density at radius 2 is 1.47 bits per heavy atom. The van der Waals surface area contributed by atoms with Crippen LogP contribution >= 0.6 is 23.2 Å². The van der Waals surface area contributed by atoms with Gasteiger partial charge in [-0.05, 0) is 62.7 Å². The van der Waals surface area contributed by atoms with Gasteiger partial charge in [0, 0.05) is 29.1 Å². The lowest BCUT2D eigenvalue weighted by atomic mass is 10.0. The van der Waals surface area contributed by atoms with Crippen LogP contribution in [0.4, 0.5) is 10.1 Å². The van der Waals surface area contributed by atoms with Crippen LogP contribution < -0.4 is 9.62 Å². The minimum Gasteiger partial charge on any atom is -0.350 e. The van der Waals surface area contributed by atoms with Crippen LogP contribution in [-0.2, 0) is 32.6 Å². The summed E-state index contributed by atoms with van der Waals surface area (Å²) < 4.78 is 44.0. The van der Waals surface area contributed by atoms with Crippen molar-refractivity contribution in [3.05, 3.63) is 130 Å². The molecule has 0 heterocycles. The largest absolute Gasteiger partial charge is 0.350 e. The number of benzene rings is 4. The smallest absolute Gasteiger partial charge is 0.264 e. The number of carbonyl (C=O) groups is 2. The van der Waals surface area contributed by atoms with Crippen LogP contribution in [0.2, 0.25) is 10.0 Å². The third-order valence-electron chi connectivity index (χ3n) is 6.86. The summed E-state index contributed by atoms with van der Waals surface area (Å²) in [5, 5.41) is 3.21. The molecular weight excluding hydrogens is 636 g/mol. The topological polar surface area (TPSA) is 86.8 Å². The SMILES string of the molecule is CC(C)(C)NC(=O)C(Cc1ccccc1)N(Cc1ccccc1F)C(=O)CN(c1ccc(Cl)cc1Cl)S(=O)(=O)c1ccccc1. The number of hydrogen-bond acceptors (Lipinski definition) is 4. The first-order valence-electron chi connectivity index (χ1n) is 14.2. The van der Waals surface area contributed by atoms with Gasteiger partial charge in [0.25, 0.3) is 10.0 Å².